The summed E-state index contributed by atoms with van der Waals surface area (Å²) in [6.45, 7) is 1.05. The third-order valence-electron chi connectivity index (χ3n) is 2.85. The zero-order chi connectivity index (χ0) is 9.80. The lowest BCUT2D eigenvalue weighted by Crippen LogP contribution is -2.36. The Labute approximate surface area is 97.1 Å². The van der Waals surface area contributed by atoms with Crippen LogP contribution in [-0.2, 0) is 6.42 Å². The van der Waals surface area contributed by atoms with Gasteiger partial charge in [0.25, 0.3) is 0 Å². The summed E-state index contributed by atoms with van der Waals surface area (Å²) in [7, 11) is 0. The lowest BCUT2D eigenvalue weighted by molar-refractivity contribution is 0.136. The zero-order valence-corrected chi connectivity index (χ0v) is 9.54. The van der Waals surface area contributed by atoms with Gasteiger partial charge < -0.3 is 10.4 Å². The number of aliphatic hydroxyl groups is 1. The summed E-state index contributed by atoms with van der Waals surface area (Å²) in [5.74, 6) is 0. The highest BCUT2D eigenvalue weighted by Crippen LogP contribution is 2.13. The van der Waals surface area contributed by atoms with Crippen molar-refractivity contribution in [1.82, 2.24) is 5.32 Å². The van der Waals surface area contributed by atoms with Crippen LogP contribution in [0, 0.1) is 0 Å². The monoisotopic (exact) mass is 227 g/mol. The Balaban J connectivity index is 0.00000112. The Bertz CT molecular complexity index is 272. The maximum absolute atomic E-state index is 9.94. The van der Waals surface area contributed by atoms with E-state index in [9.17, 15) is 5.11 Å². The van der Waals surface area contributed by atoms with E-state index in [1.807, 2.05) is 18.2 Å². The molecular weight excluding hydrogens is 210 g/mol. The molecule has 2 atom stereocenters. The Morgan fingerprint density at radius 1 is 1.33 bits per heavy atom. The highest BCUT2D eigenvalue weighted by Gasteiger charge is 2.22. The van der Waals surface area contributed by atoms with Crippen molar-refractivity contribution in [2.75, 3.05) is 6.54 Å². The minimum atomic E-state index is -0.236. The maximum Gasteiger partial charge on any atom is 0.0733 e. The number of nitrogens with one attached hydrogen (secondary N) is 1. The van der Waals surface area contributed by atoms with Crippen molar-refractivity contribution in [2.45, 2.75) is 31.4 Å². The van der Waals surface area contributed by atoms with Gasteiger partial charge in [-0.2, -0.15) is 0 Å². The molecule has 1 saturated heterocycles. The molecule has 1 fully saturated rings. The van der Waals surface area contributed by atoms with Gasteiger partial charge in [-0.15, -0.1) is 12.4 Å². The van der Waals surface area contributed by atoms with Gasteiger partial charge in [0.05, 0.1) is 6.10 Å². The fraction of sp³-hybridized carbons (Fsp3) is 0.500. The van der Waals surface area contributed by atoms with Crippen LogP contribution in [0.15, 0.2) is 30.3 Å². The summed E-state index contributed by atoms with van der Waals surface area (Å²) in [6.07, 6.45) is 2.82. The smallest absolute Gasteiger partial charge is 0.0733 e. The van der Waals surface area contributed by atoms with Crippen LogP contribution in [0.5, 0.6) is 0 Å². The van der Waals surface area contributed by atoms with Gasteiger partial charge in [-0.25, -0.2) is 0 Å². The lowest BCUT2D eigenvalue weighted by atomic mass is 10.0. The van der Waals surface area contributed by atoms with Crippen molar-refractivity contribution < 1.29 is 5.11 Å². The quantitative estimate of drug-likeness (QED) is 0.825. The SMILES string of the molecule is Cl.OC(Cc1ccccc1)C1CCCN1. The molecule has 0 amide bonds. The number of benzene rings is 1. The van der Waals surface area contributed by atoms with Gasteiger partial charge in [-0.05, 0) is 31.4 Å². The van der Waals surface area contributed by atoms with E-state index in [1.165, 1.54) is 12.0 Å². The van der Waals surface area contributed by atoms with E-state index in [0.29, 0.717) is 6.04 Å². The van der Waals surface area contributed by atoms with Crippen molar-refractivity contribution in [3.05, 3.63) is 35.9 Å². The Kier molecular flexibility index (Phi) is 5.09. The van der Waals surface area contributed by atoms with Gasteiger partial charge in [-0.3, -0.25) is 0 Å². The van der Waals surface area contributed by atoms with Crippen LogP contribution < -0.4 is 5.32 Å². The largest absolute Gasteiger partial charge is 0.391 e. The van der Waals surface area contributed by atoms with Crippen molar-refractivity contribution in [3.8, 4) is 0 Å². The van der Waals surface area contributed by atoms with Gasteiger partial charge in [0.15, 0.2) is 0 Å². The molecule has 1 aromatic rings. The van der Waals surface area contributed by atoms with Crippen molar-refractivity contribution in [2.24, 2.45) is 0 Å². The van der Waals surface area contributed by atoms with E-state index in [0.717, 1.165) is 19.4 Å². The van der Waals surface area contributed by atoms with Crippen LogP contribution in [0.2, 0.25) is 0 Å². The molecule has 1 heterocycles. The first kappa shape index (κ1) is 12.5. The molecule has 0 spiro atoms. The maximum atomic E-state index is 9.94. The molecule has 1 aliphatic rings. The second-order valence-corrected chi connectivity index (χ2v) is 3.96. The standard InChI is InChI=1S/C12H17NO.ClH/c14-12(11-7-4-8-13-11)9-10-5-2-1-3-6-10;/h1-3,5-6,11-14H,4,7-9H2;1H. The normalized spacial score (nSPS) is 22.1. The molecule has 0 aromatic heterocycles. The molecule has 2 nitrogen and oxygen atoms in total. The molecule has 2 rings (SSSR count). The van der Waals surface area contributed by atoms with Gasteiger partial charge >= 0.3 is 0 Å². The van der Waals surface area contributed by atoms with E-state index >= 15 is 0 Å². The minimum absolute atomic E-state index is 0. The van der Waals surface area contributed by atoms with E-state index in [-0.39, 0.29) is 18.5 Å². The lowest BCUT2D eigenvalue weighted by Gasteiger charge is -2.18. The number of hydrogen-bond donors (Lipinski definition) is 2. The Morgan fingerprint density at radius 2 is 2.07 bits per heavy atom. The summed E-state index contributed by atoms with van der Waals surface area (Å²) in [6, 6.07) is 10.5. The first-order valence-electron chi connectivity index (χ1n) is 5.31. The summed E-state index contributed by atoms with van der Waals surface area (Å²) in [4.78, 5) is 0. The summed E-state index contributed by atoms with van der Waals surface area (Å²) in [5, 5.41) is 13.3. The van der Waals surface area contributed by atoms with Crippen molar-refractivity contribution in [3.63, 3.8) is 0 Å². The fourth-order valence-corrected chi connectivity index (χ4v) is 2.04. The molecule has 1 aliphatic heterocycles. The first-order valence-corrected chi connectivity index (χ1v) is 5.31. The van der Waals surface area contributed by atoms with Crippen LogP contribution in [0.1, 0.15) is 18.4 Å². The molecule has 0 saturated carbocycles. The molecule has 84 valence electrons. The molecule has 1 aromatic carbocycles. The predicted molar refractivity (Wildman–Crippen MR) is 64.4 cm³/mol. The number of aliphatic hydroxyl groups excluding tert-OH is 1. The number of halogens is 1. The molecule has 0 bridgehead atoms. The Morgan fingerprint density at radius 3 is 2.67 bits per heavy atom. The van der Waals surface area contributed by atoms with E-state index in [2.05, 4.69) is 17.4 Å². The second-order valence-electron chi connectivity index (χ2n) is 3.96. The van der Waals surface area contributed by atoms with Crippen molar-refractivity contribution >= 4 is 12.4 Å². The van der Waals surface area contributed by atoms with Gasteiger partial charge in [0, 0.05) is 6.04 Å². The summed E-state index contributed by atoms with van der Waals surface area (Å²) < 4.78 is 0. The summed E-state index contributed by atoms with van der Waals surface area (Å²) >= 11 is 0. The predicted octanol–water partition coefficient (Wildman–Crippen LogP) is 1.76. The molecular formula is C12H18ClNO. The summed E-state index contributed by atoms with van der Waals surface area (Å²) in [5.41, 5.74) is 1.22. The molecule has 2 N–H and O–H groups in total. The number of hydrogen-bond acceptors (Lipinski definition) is 2. The average Bonchev–Trinajstić information content (AvgIpc) is 2.72. The van der Waals surface area contributed by atoms with E-state index in [4.69, 9.17) is 0 Å². The highest BCUT2D eigenvalue weighted by atomic mass is 35.5. The first-order chi connectivity index (χ1) is 6.86. The zero-order valence-electron chi connectivity index (χ0n) is 8.73. The third-order valence-corrected chi connectivity index (χ3v) is 2.85. The number of rotatable bonds is 3. The minimum Gasteiger partial charge on any atom is -0.391 e. The molecule has 3 heteroatoms. The van der Waals surface area contributed by atoms with Crippen LogP contribution in [0.3, 0.4) is 0 Å². The van der Waals surface area contributed by atoms with E-state index < -0.39 is 0 Å². The molecule has 0 radical (unpaired) electrons. The van der Waals surface area contributed by atoms with Crippen LogP contribution in [0.25, 0.3) is 0 Å². The highest BCUT2D eigenvalue weighted by molar-refractivity contribution is 5.85. The van der Waals surface area contributed by atoms with Crippen LogP contribution in [-0.4, -0.2) is 23.8 Å². The second kappa shape index (κ2) is 6.11. The van der Waals surface area contributed by atoms with Crippen molar-refractivity contribution in [1.29, 1.82) is 0 Å². The van der Waals surface area contributed by atoms with Gasteiger partial charge in [-0.1, -0.05) is 30.3 Å². The fourth-order valence-electron chi connectivity index (χ4n) is 2.04. The Hall–Kier alpha value is -0.570. The van der Waals surface area contributed by atoms with E-state index in [1.54, 1.807) is 0 Å². The van der Waals surface area contributed by atoms with Gasteiger partial charge in [0.1, 0.15) is 0 Å². The van der Waals surface area contributed by atoms with Gasteiger partial charge in [0.2, 0.25) is 0 Å². The molecule has 0 aliphatic carbocycles. The third kappa shape index (κ3) is 3.49. The van der Waals surface area contributed by atoms with Crippen LogP contribution >= 0.6 is 12.4 Å². The molecule has 2 unspecified atom stereocenters. The molecule has 15 heavy (non-hydrogen) atoms. The van der Waals surface area contributed by atoms with Crippen LogP contribution in [0.4, 0.5) is 0 Å². The average molecular weight is 228 g/mol. The topological polar surface area (TPSA) is 32.3 Å².